The molecule has 0 fully saturated rings. The van der Waals surface area contributed by atoms with Crippen LogP contribution in [0.5, 0.6) is 0 Å². The van der Waals surface area contributed by atoms with E-state index in [9.17, 15) is 9.90 Å². The Labute approximate surface area is 113 Å². The molecule has 1 aromatic carbocycles. The molecule has 2 heterocycles. The van der Waals surface area contributed by atoms with Gasteiger partial charge in [-0.3, -0.25) is 0 Å². The van der Waals surface area contributed by atoms with E-state index >= 15 is 0 Å². The largest absolute Gasteiger partial charge is 0.548 e. The van der Waals surface area contributed by atoms with Gasteiger partial charge in [0.1, 0.15) is 12.1 Å². The second-order valence-corrected chi connectivity index (χ2v) is 4.08. The van der Waals surface area contributed by atoms with Crippen LogP contribution in [0.3, 0.4) is 0 Å². The number of hydrogen-bond donors (Lipinski definition) is 1. The van der Waals surface area contributed by atoms with Crippen molar-refractivity contribution in [1.29, 1.82) is 0 Å². The van der Waals surface area contributed by atoms with Crippen LogP contribution in [0.15, 0.2) is 42.9 Å². The number of rotatable bonds is 4. The number of fused-ring (bicyclic) bond motifs is 1. The van der Waals surface area contributed by atoms with Crippen molar-refractivity contribution >= 4 is 22.8 Å². The first-order chi connectivity index (χ1) is 9.75. The van der Waals surface area contributed by atoms with Gasteiger partial charge in [-0.25, -0.2) is 14.6 Å². The lowest BCUT2D eigenvalue weighted by molar-refractivity contribution is -0.302. The van der Waals surface area contributed by atoms with Gasteiger partial charge in [0.05, 0.1) is 29.8 Å². The summed E-state index contributed by atoms with van der Waals surface area (Å²) in [6, 6.07) is 9.53. The molecule has 3 aromatic rings. The second kappa shape index (κ2) is 4.96. The van der Waals surface area contributed by atoms with E-state index in [1.54, 1.807) is 10.9 Å². The molecule has 0 aliphatic carbocycles. The fourth-order valence-corrected chi connectivity index (χ4v) is 1.90. The van der Waals surface area contributed by atoms with E-state index in [0.29, 0.717) is 16.9 Å². The van der Waals surface area contributed by atoms with Crippen molar-refractivity contribution in [1.82, 2.24) is 19.7 Å². The number of nitrogens with one attached hydrogen (secondary N) is 1. The molecule has 0 saturated carbocycles. The van der Waals surface area contributed by atoms with E-state index in [-0.39, 0.29) is 6.54 Å². The first-order valence-corrected chi connectivity index (χ1v) is 5.93. The molecule has 0 bridgehead atoms. The van der Waals surface area contributed by atoms with Crippen molar-refractivity contribution in [2.75, 3.05) is 11.9 Å². The predicted molar refractivity (Wildman–Crippen MR) is 70.2 cm³/mol. The molecule has 0 radical (unpaired) electrons. The number of carboxylic acid groups (broad SMARTS) is 1. The van der Waals surface area contributed by atoms with E-state index in [4.69, 9.17) is 0 Å². The van der Waals surface area contributed by atoms with Crippen LogP contribution in [0.2, 0.25) is 0 Å². The maximum absolute atomic E-state index is 10.5. The highest BCUT2D eigenvalue weighted by atomic mass is 16.4. The molecule has 0 unspecified atom stereocenters. The Morgan fingerprint density at radius 3 is 2.80 bits per heavy atom. The Morgan fingerprint density at radius 1 is 1.25 bits per heavy atom. The Morgan fingerprint density at radius 2 is 2.05 bits per heavy atom. The molecule has 3 rings (SSSR count). The lowest BCUT2D eigenvalue weighted by atomic mass is 10.3. The Bertz CT molecular complexity index is 754. The first-order valence-electron chi connectivity index (χ1n) is 5.93. The monoisotopic (exact) mass is 268 g/mol. The summed E-state index contributed by atoms with van der Waals surface area (Å²) in [5.41, 5.74) is 1.47. The topological polar surface area (TPSA) is 95.8 Å². The van der Waals surface area contributed by atoms with Crippen LogP contribution >= 0.6 is 0 Å². The van der Waals surface area contributed by atoms with Crippen LogP contribution in [0.4, 0.5) is 5.82 Å². The van der Waals surface area contributed by atoms with Crippen LogP contribution in [0.25, 0.3) is 16.7 Å². The van der Waals surface area contributed by atoms with Gasteiger partial charge in [-0.2, -0.15) is 5.10 Å². The molecule has 20 heavy (non-hydrogen) atoms. The summed E-state index contributed by atoms with van der Waals surface area (Å²) >= 11 is 0. The number of aliphatic carboxylic acids is 1. The maximum Gasteiger partial charge on any atom is 0.168 e. The maximum atomic E-state index is 10.5. The van der Waals surface area contributed by atoms with E-state index < -0.39 is 5.97 Å². The number of carboxylic acids is 1. The van der Waals surface area contributed by atoms with Gasteiger partial charge in [0, 0.05) is 0 Å². The minimum absolute atomic E-state index is 0.317. The summed E-state index contributed by atoms with van der Waals surface area (Å²) in [5, 5.41) is 18.1. The van der Waals surface area contributed by atoms with Gasteiger partial charge in [0.25, 0.3) is 0 Å². The zero-order valence-corrected chi connectivity index (χ0v) is 10.4. The van der Waals surface area contributed by atoms with Crippen molar-refractivity contribution in [3.63, 3.8) is 0 Å². The van der Waals surface area contributed by atoms with Gasteiger partial charge in [0.15, 0.2) is 5.65 Å². The van der Waals surface area contributed by atoms with Gasteiger partial charge in [-0.1, -0.05) is 18.2 Å². The molecule has 1 N–H and O–H groups in total. The normalized spacial score (nSPS) is 10.6. The van der Waals surface area contributed by atoms with Crippen LogP contribution in [0, 0.1) is 0 Å². The summed E-state index contributed by atoms with van der Waals surface area (Å²) in [5.74, 6) is -0.784. The van der Waals surface area contributed by atoms with Crippen molar-refractivity contribution in [2.24, 2.45) is 0 Å². The highest BCUT2D eigenvalue weighted by Crippen LogP contribution is 2.21. The first kappa shape index (κ1) is 12.1. The van der Waals surface area contributed by atoms with Crippen LogP contribution in [-0.2, 0) is 4.79 Å². The van der Waals surface area contributed by atoms with Crippen LogP contribution in [-0.4, -0.2) is 32.3 Å². The lowest BCUT2D eigenvalue weighted by Crippen LogP contribution is -2.30. The lowest BCUT2D eigenvalue weighted by Gasteiger charge is -2.07. The average molecular weight is 268 g/mol. The fourth-order valence-electron chi connectivity index (χ4n) is 1.90. The number of aromatic nitrogens is 4. The fraction of sp³-hybridized carbons (Fsp3) is 0.0769. The Kier molecular flexibility index (Phi) is 3.00. The zero-order valence-electron chi connectivity index (χ0n) is 10.4. The van der Waals surface area contributed by atoms with Gasteiger partial charge >= 0.3 is 0 Å². The van der Waals surface area contributed by atoms with E-state index in [0.717, 1.165) is 5.69 Å². The molecule has 0 aliphatic heterocycles. The molecule has 0 atom stereocenters. The van der Waals surface area contributed by atoms with E-state index in [2.05, 4.69) is 20.4 Å². The molecule has 100 valence electrons. The minimum Gasteiger partial charge on any atom is -0.548 e. The number of nitrogens with zero attached hydrogens (tertiary/aromatic N) is 4. The van der Waals surface area contributed by atoms with Crippen molar-refractivity contribution in [3.05, 3.63) is 42.9 Å². The van der Waals surface area contributed by atoms with Crippen LogP contribution < -0.4 is 10.4 Å². The number of carbonyl (C=O) groups excluding carboxylic acids is 1. The summed E-state index contributed by atoms with van der Waals surface area (Å²) in [4.78, 5) is 18.7. The molecular weight excluding hydrogens is 258 g/mol. The Hall–Kier alpha value is -2.96. The highest BCUT2D eigenvalue weighted by Gasteiger charge is 2.10. The molecule has 7 nitrogen and oxygen atoms in total. The van der Waals surface area contributed by atoms with Crippen LogP contribution in [0.1, 0.15) is 0 Å². The van der Waals surface area contributed by atoms with Crippen molar-refractivity contribution in [2.45, 2.75) is 0 Å². The number of para-hydroxylation sites is 1. The zero-order chi connectivity index (χ0) is 13.9. The third-order valence-corrected chi connectivity index (χ3v) is 2.77. The minimum atomic E-state index is -1.20. The molecule has 0 amide bonds. The third-order valence-electron chi connectivity index (χ3n) is 2.77. The summed E-state index contributed by atoms with van der Waals surface area (Å²) < 4.78 is 1.67. The van der Waals surface area contributed by atoms with Crippen molar-refractivity contribution < 1.29 is 9.90 Å². The van der Waals surface area contributed by atoms with E-state index in [1.807, 2.05) is 30.3 Å². The summed E-state index contributed by atoms with van der Waals surface area (Å²) in [6.07, 6.45) is 2.96. The number of carbonyl (C=O) groups is 1. The molecule has 7 heteroatoms. The molecular formula is C13H10N5O2-. The number of anilines is 1. The smallest absolute Gasteiger partial charge is 0.168 e. The SMILES string of the molecule is O=C([O-])CNc1ncnc2c1cnn2-c1ccccc1. The predicted octanol–water partition coefficient (Wildman–Crippen LogP) is -0.0227. The number of benzene rings is 1. The quantitative estimate of drug-likeness (QED) is 0.714. The molecule has 0 aliphatic rings. The highest BCUT2D eigenvalue weighted by molar-refractivity contribution is 5.88. The third kappa shape index (κ3) is 2.16. The second-order valence-electron chi connectivity index (χ2n) is 4.08. The number of hydrogen-bond acceptors (Lipinski definition) is 6. The van der Waals surface area contributed by atoms with Gasteiger partial charge < -0.3 is 15.2 Å². The van der Waals surface area contributed by atoms with Crippen molar-refractivity contribution in [3.8, 4) is 5.69 Å². The standard InChI is InChI=1S/C13H11N5O2/c19-11(20)7-14-12-10-6-17-18(13(10)16-8-15-12)9-4-2-1-3-5-9/h1-6,8H,7H2,(H,19,20)(H,14,15,16)/p-1. The molecule has 2 aromatic heterocycles. The van der Waals surface area contributed by atoms with Gasteiger partial charge in [0.2, 0.25) is 0 Å². The molecule has 0 spiro atoms. The molecule has 0 saturated heterocycles. The van der Waals surface area contributed by atoms with E-state index in [1.165, 1.54) is 6.33 Å². The Balaban J connectivity index is 2.06. The van der Waals surface area contributed by atoms with Gasteiger partial charge in [-0.05, 0) is 12.1 Å². The summed E-state index contributed by atoms with van der Waals surface area (Å²) in [7, 11) is 0. The average Bonchev–Trinajstić information content (AvgIpc) is 2.90. The van der Waals surface area contributed by atoms with Gasteiger partial charge in [-0.15, -0.1) is 0 Å². The summed E-state index contributed by atoms with van der Waals surface area (Å²) in [6.45, 7) is -0.317.